The van der Waals surface area contributed by atoms with Gasteiger partial charge in [0.15, 0.2) is 11.5 Å². The van der Waals surface area contributed by atoms with Gasteiger partial charge < -0.3 is 19.3 Å². The van der Waals surface area contributed by atoms with Gasteiger partial charge in [0, 0.05) is 13.1 Å². The van der Waals surface area contributed by atoms with E-state index in [0.717, 1.165) is 24.3 Å². The molecule has 2 heterocycles. The topological polar surface area (TPSA) is 42.0 Å². The number of anilines is 2. The minimum Gasteiger partial charge on any atom is -0.453 e. The van der Waals surface area contributed by atoms with Crippen LogP contribution in [0.3, 0.4) is 0 Å². The lowest BCUT2D eigenvalue weighted by atomic mass is 10.0. The van der Waals surface area contributed by atoms with Gasteiger partial charge in [0.2, 0.25) is 0 Å². The van der Waals surface area contributed by atoms with E-state index in [9.17, 15) is 31.1 Å². The molecule has 2 aliphatic rings. The molecule has 4 rings (SSSR count). The van der Waals surface area contributed by atoms with Gasteiger partial charge in [-0.1, -0.05) is 12.2 Å². The van der Waals surface area contributed by atoms with E-state index in [2.05, 4.69) is 0 Å². The van der Waals surface area contributed by atoms with Gasteiger partial charge in [-0.2, -0.15) is 26.3 Å². The van der Waals surface area contributed by atoms with Gasteiger partial charge in [-0.3, -0.25) is 0 Å². The second-order valence-corrected chi connectivity index (χ2v) is 9.21. The minimum absolute atomic E-state index is 0.0896. The molecule has 0 aliphatic carbocycles. The minimum atomic E-state index is -4.67. The molecule has 188 valence electrons. The summed E-state index contributed by atoms with van der Waals surface area (Å²) in [5.74, 6) is -0.483. The average Bonchev–Trinajstić information content (AvgIpc) is 2.74. The highest BCUT2D eigenvalue weighted by Gasteiger charge is 2.38. The van der Waals surface area contributed by atoms with Crippen molar-refractivity contribution in [1.29, 1.82) is 0 Å². The second-order valence-electron chi connectivity index (χ2n) is 9.21. The van der Waals surface area contributed by atoms with Gasteiger partial charge in [-0.15, -0.1) is 0 Å². The standard InChI is InChI=1S/C24H22F6N2O3/c1-22(2,3)35-21(33)31-10-4-5-16(13-31)32-17-8-6-14(23(25,26)27)11-19(17)34-20-12-15(24(28,29)30)7-9-18(20)32/h4-9,11-12,16H,10,13H2,1-3H3. The number of hydrogen-bond acceptors (Lipinski definition) is 4. The van der Waals surface area contributed by atoms with Gasteiger partial charge in [0.25, 0.3) is 0 Å². The van der Waals surface area contributed by atoms with Crippen molar-refractivity contribution in [3.05, 3.63) is 59.7 Å². The molecule has 2 aromatic carbocycles. The lowest BCUT2D eigenvalue weighted by molar-refractivity contribution is -0.138. The number of rotatable bonds is 1. The maximum Gasteiger partial charge on any atom is 0.416 e. The van der Waals surface area contributed by atoms with Crippen LogP contribution in [0, 0.1) is 0 Å². The first kappa shape index (κ1) is 24.7. The van der Waals surface area contributed by atoms with Crippen molar-refractivity contribution in [2.24, 2.45) is 0 Å². The molecule has 35 heavy (non-hydrogen) atoms. The van der Waals surface area contributed by atoms with E-state index in [1.54, 1.807) is 37.8 Å². The maximum atomic E-state index is 13.3. The van der Waals surface area contributed by atoms with Crippen LogP contribution in [0.15, 0.2) is 48.6 Å². The van der Waals surface area contributed by atoms with E-state index in [1.165, 1.54) is 17.0 Å². The summed E-state index contributed by atoms with van der Waals surface area (Å²) >= 11 is 0. The number of alkyl halides is 6. The molecule has 0 saturated carbocycles. The van der Waals surface area contributed by atoms with Crippen molar-refractivity contribution >= 4 is 17.5 Å². The Morgan fingerprint density at radius 2 is 1.43 bits per heavy atom. The summed E-state index contributed by atoms with van der Waals surface area (Å²) in [4.78, 5) is 15.6. The number of benzene rings is 2. The smallest absolute Gasteiger partial charge is 0.416 e. The number of hydrogen-bond donors (Lipinski definition) is 0. The van der Waals surface area contributed by atoms with E-state index in [4.69, 9.17) is 9.47 Å². The Morgan fingerprint density at radius 1 is 0.914 bits per heavy atom. The van der Waals surface area contributed by atoms with E-state index >= 15 is 0 Å². The molecule has 0 saturated heterocycles. The summed E-state index contributed by atoms with van der Waals surface area (Å²) in [6.07, 6.45) is -6.48. The highest BCUT2D eigenvalue weighted by molar-refractivity contribution is 5.80. The predicted molar refractivity (Wildman–Crippen MR) is 116 cm³/mol. The quantitative estimate of drug-likeness (QED) is 0.308. The number of halogens is 6. The van der Waals surface area contributed by atoms with Crippen LogP contribution in [0.4, 0.5) is 42.5 Å². The molecular weight excluding hydrogens is 478 g/mol. The Kier molecular flexibility index (Phi) is 5.93. The van der Waals surface area contributed by atoms with Crippen molar-refractivity contribution in [3.8, 4) is 11.5 Å². The molecule has 1 atom stereocenters. The molecule has 0 bridgehead atoms. The Labute approximate surface area is 197 Å². The van der Waals surface area contributed by atoms with E-state index in [0.29, 0.717) is 0 Å². The van der Waals surface area contributed by atoms with Crippen LogP contribution in [0.5, 0.6) is 11.5 Å². The van der Waals surface area contributed by atoms with Gasteiger partial charge in [0.05, 0.1) is 28.5 Å². The molecule has 1 unspecified atom stereocenters. The van der Waals surface area contributed by atoms with Gasteiger partial charge in [-0.05, 0) is 57.2 Å². The lowest BCUT2D eigenvalue weighted by Gasteiger charge is -2.41. The van der Waals surface area contributed by atoms with Crippen LogP contribution in [0.1, 0.15) is 31.9 Å². The maximum absolute atomic E-state index is 13.3. The van der Waals surface area contributed by atoms with Crippen LogP contribution >= 0.6 is 0 Å². The molecule has 2 aromatic rings. The fraction of sp³-hybridized carbons (Fsp3) is 0.375. The predicted octanol–water partition coefficient (Wildman–Crippen LogP) is 7.14. The third-order valence-corrected chi connectivity index (χ3v) is 5.39. The molecule has 0 aromatic heterocycles. The molecule has 1 amide bonds. The van der Waals surface area contributed by atoms with Crippen LogP contribution in [0.2, 0.25) is 0 Å². The van der Waals surface area contributed by atoms with Crippen LogP contribution in [0.25, 0.3) is 0 Å². The fourth-order valence-electron chi connectivity index (χ4n) is 3.90. The fourth-order valence-corrected chi connectivity index (χ4v) is 3.90. The molecule has 0 radical (unpaired) electrons. The van der Waals surface area contributed by atoms with Crippen molar-refractivity contribution in [3.63, 3.8) is 0 Å². The zero-order valence-electron chi connectivity index (χ0n) is 19.0. The van der Waals surface area contributed by atoms with E-state index < -0.39 is 41.2 Å². The summed E-state index contributed by atoms with van der Waals surface area (Å²) in [7, 11) is 0. The molecule has 11 heteroatoms. The third kappa shape index (κ3) is 5.18. The number of carbonyl (C=O) groups is 1. The third-order valence-electron chi connectivity index (χ3n) is 5.39. The van der Waals surface area contributed by atoms with Crippen molar-refractivity contribution < 1.29 is 40.6 Å². The SMILES string of the molecule is CC(C)(C)OC(=O)N1CC=CC(N2c3ccc(C(F)(F)F)cc3Oc3cc(C(F)(F)F)ccc32)C1. The second kappa shape index (κ2) is 8.39. The monoisotopic (exact) mass is 500 g/mol. The van der Waals surface area contributed by atoms with Crippen molar-refractivity contribution in [2.75, 3.05) is 18.0 Å². The van der Waals surface area contributed by atoms with E-state index in [-0.39, 0.29) is 36.0 Å². The lowest BCUT2D eigenvalue weighted by Crippen LogP contribution is -2.48. The molecule has 2 aliphatic heterocycles. The molecule has 0 fully saturated rings. The van der Waals surface area contributed by atoms with Gasteiger partial charge >= 0.3 is 18.4 Å². The number of fused-ring (bicyclic) bond motifs is 2. The van der Waals surface area contributed by atoms with Crippen LogP contribution < -0.4 is 9.64 Å². The van der Waals surface area contributed by atoms with Crippen LogP contribution in [-0.2, 0) is 17.1 Å². The summed E-state index contributed by atoms with van der Waals surface area (Å²) in [6, 6.07) is 5.07. The first-order valence-electron chi connectivity index (χ1n) is 10.7. The van der Waals surface area contributed by atoms with Crippen molar-refractivity contribution in [1.82, 2.24) is 4.90 Å². The van der Waals surface area contributed by atoms with Gasteiger partial charge in [0.1, 0.15) is 5.60 Å². The summed E-state index contributed by atoms with van der Waals surface area (Å²) in [6.45, 7) is 5.48. The number of carbonyl (C=O) groups excluding carboxylic acids is 1. The Morgan fingerprint density at radius 3 is 1.89 bits per heavy atom. The zero-order valence-corrected chi connectivity index (χ0v) is 19.0. The molecule has 5 nitrogen and oxygen atoms in total. The first-order chi connectivity index (χ1) is 16.1. The number of ether oxygens (including phenoxy) is 2. The normalized spacial score (nSPS) is 18.0. The first-order valence-corrected chi connectivity index (χ1v) is 10.7. The Balaban J connectivity index is 1.77. The van der Waals surface area contributed by atoms with Gasteiger partial charge in [-0.25, -0.2) is 4.79 Å². The summed E-state index contributed by atoms with van der Waals surface area (Å²) in [5, 5.41) is 0. The highest BCUT2D eigenvalue weighted by Crippen LogP contribution is 2.51. The summed E-state index contributed by atoms with van der Waals surface area (Å²) in [5.41, 5.74) is -2.28. The molecule has 0 N–H and O–H groups in total. The molecule has 0 spiro atoms. The Hall–Kier alpha value is -3.37. The van der Waals surface area contributed by atoms with Crippen LogP contribution in [-0.4, -0.2) is 35.7 Å². The zero-order chi connectivity index (χ0) is 25.8. The summed E-state index contributed by atoms with van der Waals surface area (Å²) < 4.78 is 90.8. The van der Waals surface area contributed by atoms with Crippen molar-refractivity contribution in [2.45, 2.75) is 44.8 Å². The van der Waals surface area contributed by atoms with E-state index in [1.807, 2.05) is 0 Å². The highest BCUT2D eigenvalue weighted by atomic mass is 19.4. The average molecular weight is 500 g/mol. The number of nitrogens with zero attached hydrogens (tertiary/aromatic N) is 2. The molecular formula is C24H22F6N2O3. The Bertz CT molecular complexity index is 1100. The number of amides is 1. The largest absolute Gasteiger partial charge is 0.453 e.